The highest BCUT2D eigenvalue weighted by atomic mass is 16.3. The van der Waals surface area contributed by atoms with Gasteiger partial charge >= 0.3 is 0 Å². The second-order valence-corrected chi connectivity index (χ2v) is 5.77. The van der Waals surface area contributed by atoms with Crippen molar-refractivity contribution >= 4 is 11.1 Å². The van der Waals surface area contributed by atoms with Crippen LogP contribution in [-0.2, 0) is 6.42 Å². The van der Waals surface area contributed by atoms with E-state index in [1.54, 1.807) is 6.20 Å². The van der Waals surface area contributed by atoms with Crippen LogP contribution in [0.3, 0.4) is 0 Å². The Balaban J connectivity index is 2.05. The topological polar surface area (TPSA) is 46.0 Å². The first-order valence-electron chi connectivity index (χ1n) is 8.07. The van der Waals surface area contributed by atoms with Crippen LogP contribution in [0.1, 0.15) is 12.5 Å². The Morgan fingerprint density at radius 1 is 0.917 bits per heavy atom. The molecule has 0 saturated heterocycles. The van der Waals surface area contributed by atoms with Crippen LogP contribution in [0, 0.1) is 0 Å². The number of H-pyrrole nitrogens is 1. The Hall–Kier alpha value is -3.07. The summed E-state index contributed by atoms with van der Waals surface area (Å²) in [5, 5.41) is 0.598. The van der Waals surface area contributed by atoms with E-state index in [1.807, 2.05) is 30.3 Å². The van der Waals surface area contributed by atoms with Crippen LogP contribution >= 0.6 is 0 Å². The van der Waals surface area contributed by atoms with E-state index in [1.165, 1.54) is 11.6 Å². The molecule has 0 radical (unpaired) electrons. The van der Waals surface area contributed by atoms with Gasteiger partial charge in [0.1, 0.15) is 5.76 Å². The molecule has 0 amide bonds. The van der Waals surface area contributed by atoms with Crippen molar-refractivity contribution in [3.05, 3.63) is 82.6 Å². The van der Waals surface area contributed by atoms with Crippen LogP contribution < -0.4 is 5.43 Å². The smallest absolute Gasteiger partial charge is 0.209 e. The van der Waals surface area contributed by atoms with E-state index >= 15 is 0 Å². The average molecular weight is 315 g/mol. The minimum absolute atomic E-state index is 0.0377. The molecule has 3 heteroatoms. The van der Waals surface area contributed by atoms with Crippen molar-refractivity contribution in [2.24, 2.45) is 0 Å². The molecule has 4 rings (SSSR count). The van der Waals surface area contributed by atoms with Crippen molar-refractivity contribution in [1.82, 2.24) is 4.98 Å². The Morgan fingerprint density at radius 2 is 1.67 bits per heavy atom. The van der Waals surface area contributed by atoms with Crippen LogP contribution in [0.4, 0.5) is 0 Å². The van der Waals surface area contributed by atoms with Gasteiger partial charge in [-0.05, 0) is 17.5 Å². The minimum atomic E-state index is -0.0377. The highest BCUT2D eigenvalue weighted by Crippen LogP contribution is 2.38. The zero-order chi connectivity index (χ0) is 16.5. The number of hydrogen-bond donors (Lipinski definition) is 1. The quantitative estimate of drug-likeness (QED) is 0.577. The van der Waals surface area contributed by atoms with Crippen molar-refractivity contribution < 1.29 is 4.42 Å². The summed E-state index contributed by atoms with van der Waals surface area (Å²) in [7, 11) is 0. The number of aromatic nitrogens is 1. The summed E-state index contributed by atoms with van der Waals surface area (Å²) in [5.74, 6) is 0.717. The zero-order valence-electron chi connectivity index (χ0n) is 13.4. The highest BCUT2D eigenvalue weighted by Gasteiger charge is 2.19. The molecule has 0 atom stereocenters. The number of furan rings is 1. The molecule has 0 aliphatic carbocycles. The summed E-state index contributed by atoms with van der Waals surface area (Å²) < 4.78 is 6.02. The molecule has 0 bridgehead atoms. The molecule has 1 N–H and O–H groups in total. The molecular formula is C21H17NO2. The number of hydrogen-bond acceptors (Lipinski definition) is 2. The molecule has 4 aromatic rings. The van der Waals surface area contributed by atoms with Crippen LogP contribution in [0.15, 0.2) is 76.1 Å². The fraction of sp³-hybridized carbons (Fsp3) is 0.0952. The van der Waals surface area contributed by atoms with Gasteiger partial charge in [0.05, 0.1) is 5.39 Å². The number of benzene rings is 2. The molecule has 2 heterocycles. The number of aromatic amines is 1. The lowest BCUT2D eigenvalue weighted by Gasteiger charge is -2.05. The average Bonchev–Trinajstić information content (AvgIpc) is 3.03. The first kappa shape index (κ1) is 14.5. The van der Waals surface area contributed by atoms with E-state index in [9.17, 15) is 4.79 Å². The molecule has 118 valence electrons. The lowest BCUT2D eigenvalue weighted by Crippen LogP contribution is -1.99. The number of aryl methyl sites for hydroxylation is 1. The van der Waals surface area contributed by atoms with Gasteiger partial charge in [-0.2, -0.15) is 0 Å². The standard InChI is InChI=1S/C21H17NO2/c1-2-14-8-10-15(11-9-14)18-19-17(23)12-13-22-21(19)24-20(18)16-6-4-3-5-7-16/h3-13H,2H2,1H3,(H,22,23). The maximum atomic E-state index is 12.5. The SMILES string of the molecule is CCc1ccc(-c2c(-c3ccccc3)oc3[nH]ccc(=O)c23)cc1. The fourth-order valence-electron chi connectivity index (χ4n) is 3.02. The van der Waals surface area contributed by atoms with Crippen molar-refractivity contribution in [2.45, 2.75) is 13.3 Å². The zero-order valence-corrected chi connectivity index (χ0v) is 13.4. The molecule has 0 unspecified atom stereocenters. The number of rotatable bonds is 3. The number of pyridine rings is 1. The minimum Gasteiger partial charge on any atom is -0.439 e. The van der Waals surface area contributed by atoms with Gasteiger partial charge in [0.25, 0.3) is 0 Å². The van der Waals surface area contributed by atoms with E-state index in [-0.39, 0.29) is 5.43 Å². The van der Waals surface area contributed by atoms with Crippen molar-refractivity contribution in [1.29, 1.82) is 0 Å². The van der Waals surface area contributed by atoms with Crippen LogP contribution in [0.5, 0.6) is 0 Å². The van der Waals surface area contributed by atoms with Crippen molar-refractivity contribution in [2.75, 3.05) is 0 Å². The van der Waals surface area contributed by atoms with Gasteiger partial charge in [-0.25, -0.2) is 0 Å². The predicted molar refractivity (Wildman–Crippen MR) is 97.1 cm³/mol. The van der Waals surface area contributed by atoms with Gasteiger partial charge in [0.15, 0.2) is 5.43 Å². The number of nitrogens with one attached hydrogen (secondary N) is 1. The van der Waals surface area contributed by atoms with E-state index in [0.717, 1.165) is 28.9 Å². The second kappa shape index (κ2) is 5.85. The Kier molecular flexibility index (Phi) is 3.54. The molecule has 2 aromatic carbocycles. The lowest BCUT2D eigenvalue weighted by atomic mass is 9.98. The van der Waals surface area contributed by atoms with E-state index in [4.69, 9.17) is 4.42 Å². The second-order valence-electron chi connectivity index (χ2n) is 5.77. The molecule has 0 fully saturated rings. The Labute approximate surface area is 139 Å². The Bertz CT molecular complexity index is 1040. The normalized spacial score (nSPS) is 11.0. The molecule has 0 saturated carbocycles. The van der Waals surface area contributed by atoms with E-state index in [0.29, 0.717) is 11.1 Å². The maximum absolute atomic E-state index is 12.5. The summed E-state index contributed by atoms with van der Waals surface area (Å²) in [6.07, 6.45) is 2.60. The molecule has 0 aliphatic rings. The maximum Gasteiger partial charge on any atom is 0.209 e. The van der Waals surface area contributed by atoms with Crippen LogP contribution in [0.25, 0.3) is 33.6 Å². The summed E-state index contributed by atoms with van der Waals surface area (Å²) in [6.45, 7) is 2.13. The van der Waals surface area contributed by atoms with Gasteiger partial charge in [0.2, 0.25) is 5.71 Å². The molecule has 2 aromatic heterocycles. The highest BCUT2D eigenvalue weighted by molar-refractivity contribution is 6.00. The van der Waals surface area contributed by atoms with Gasteiger partial charge in [-0.1, -0.05) is 61.5 Å². The predicted octanol–water partition coefficient (Wildman–Crippen LogP) is 5.02. The molecule has 24 heavy (non-hydrogen) atoms. The summed E-state index contributed by atoms with van der Waals surface area (Å²) in [6, 6.07) is 19.7. The summed E-state index contributed by atoms with van der Waals surface area (Å²) in [4.78, 5) is 15.5. The molecule has 0 aliphatic heterocycles. The van der Waals surface area contributed by atoms with Gasteiger partial charge < -0.3 is 9.40 Å². The van der Waals surface area contributed by atoms with Gasteiger partial charge in [-0.3, -0.25) is 4.79 Å². The number of fused-ring (bicyclic) bond motifs is 1. The third kappa shape index (κ3) is 2.35. The van der Waals surface area contributed by atoms with Crippen LogP contribution in [0.2, 0.25) is 0 Å². The van der Waals surface area contributed by atoms with Crippen molar-refractivity contribution in [3.63, 3.8) is 0 Å². The van der Waals surface area contributed by atoms with E-state index in [2.05, 4.69) is 36.2 Å². The lowest BCUT2D eigenvalue weighted by molar-refractivity contribution is 0.619. The first-order valence-corrected chi connectivity index (χ1v) is 8.07. The molecular weight excluding hydrogens is 298 g/mol. The van der Waals surface area contributed by atoms with E-state index < -0.39 is 0 Å². The fourth-order valence-corrected chi connectivity index (χ4v) is 3.02. The molecule has 3 nitrogen and oxygen atoms in total. The molecule has 0 spiro atoms. The third-order valence-electron chi connectivity index (χ3n) is 4.29. The largest absolute Gasteiger partial charge is 0.439 e. The Morgan fingerprint density at radius 3 is 2.38 bits per heavy atom. The summed E-state index contributed by atoms with van der Waals surface area (Å²) >= 11 is 0. The summed E-state index contributed by atoms with van der Waals surface area (Å²) in [5.41, 5.74) is 4.53. The third-order valence-corrected chi connectivity index (χ3v) is 4.29. The van der Waals surface area contributed by atoms with Crippen molar-refractivity contribution in [3.8, 4) is 22.5 Å². The van der Waals surface area contributed by atoms with Crippen LogP contribution in [-0.4, -0.2) is 4.98 Å². The van der Waals surface area contributed by atoms with Gasteiger partial charge in [0, 0.05) is 23.4 Å². The van der Waals surface area contributed by atoms with Gasteiger partial charge in [-0.15, -0.1) is 0 Å². The first-order chi connectivity index (χ1) is 11.8. The monoisotopic (exact) mass is 315 g/mol.